The Bertz CT molecular complexity index is 904. The summed E-state index contributed by atoms with van der Waals surface area (Å²) >= 11 is 6.04. The molecule has 0 aliphatic heterocycles. The molecule has 0 heterocycles. The Morgan fingerprint density at radius 2 is 1.76 bits per heavy atom. The van der Waals surface area contributed by atoms with Crippen molar-refractivity contribution in [1.29, 1.82) is 0 Å². The highest BCUT2D eigenvalue weighted by atomic mass is 35.5. The number of hydrogen-bond acceptors (Lipinski definition) is 3. The van der Waals surface area contributed by atoms with E-state index >= 15 is 0 Å². The fourth-order valence-electron chi connectivity index (χ4n) is 2.73. The average Bonchev–Trinajstić information content (AvgIpc) is 3.37. The number of anilines is 1. The fraction of sp³-hybridized carbons (Fsp3) is 0.278. The highest BCUT2D eigenvalue weighted by Crippen LogP contribution is 2.49. The minimum atomic E-state index is -3.48. The molecule has 0 aromatic heterocycles. The van der Waals surface area contributed by atoms with Crippen molar-refractivity contribution in [3.8, 4) is 0 Å². The Kier molecular flexibility index (Phi) is 4.62. The van der Waals surface area contributed by atoms with Crippen LogP contribution in [0.2, 0.25) is 5.02 Å². The van der Waals surface area contributed by atoms with Crippen LogP contribution in [0.1, 0.15) is 18.4 Å². The van der Waals surface area contributed by atoms with Gasteiger partial charge in [0.15, 0.2) is 0 Å². The summed E-state index contributed by atoms with van der Waals surface area (Å²) in [4.78, 5) is 12.9. The Balaban J connectivity index is 1.78. The van der Waals surface area contributed by atoms with E-state index in [0.29, 0.717) is 10.7 Å². The molecule has 0 spiro atoms. The molecule has 25 heavy (non-hydrogen) atoms. The second kappa shape index (κ2) is 6.44. The van der Waals surface area contributed by atoms with Gasteiger partial charge in [-0.1, -0.05) is 23.7 Å². The number of rotatable bonds is 5. The van der Waals surface area contributed by atoms with E-state index in [-0.39, 0.29) is 10.8 Å². The Morgan fingerprint density at radius 3 is 2.28 bits per heavy atom. The molecule has 1 amide bonds. The van der Waals surface area contributed by atoms with Crippen LogP contribution in [0.3, 0.4) is 0 Å². The van der Waals surface area contributed by atoms with E-state index < -0.39 is 15.4 Å². The van der Waals surface area contributed by atoms with Gasteiger partial charge in [-0.25, -0.2) is 12.7 Å². The first-order valence-electron chi connectivity index (χ1n) is 7.86. The van der Waals surface area contributed by atoms with E-state index in [1.807, 2.05) is 18.2 Å². The lowest BCUT2D eigenvalue weighted by Gasteiger charge is -2.17. The molecule has 1 aliphatic carbocycles. The molecule has 3 rings (SSSR count). The molecule has 1 N–H and O–H groups in total. The molecule has 0 atom stereocenters. The number of sulfonamides is 1. The van der Waals surface area contributed by atoms with Gasteiger partial charge in [0.25, 0.3) is 0 Å². The van der Waals surface area contributed by atoms with Crippen molar-refractivity contribution in [1.82, 2.24) is 4.31 Å². The Morgan fingerprint density at radius 1 is 1.12 bits per heavy atom. The monoisotopic (exact) mass is 378 g/mol. The predicted octanol–water partition coefficient (Wildman–Crippen LogP) is 3.26. The first kappa shape index (κ1) is 17.9. The molecule has 2 aromatic carbocycles. The van der Waals surface area contributed by atoms with Gasteiger partial charge in [0.05, 0.1) is 10.3 Å². The maximum atomic E-state index is 12.7. The highest BCUT2D eigenvalue weighted by molar-refractivity contribution is 7.89. The topological polar surface area (TPSA) is 66.5 Å². The predicted molar refractivity (Wildman–Crippen MR) is 98.3 cm³/mol. The number of carbonyl (C=O) groups is 1. The van der Waals surface area contributed by atoms with Crippen LogP contribution >= 0.6 is 11.6 Å². The molecule has 1 aliphatic rings. The lowest BCUT2D eigenvalue weighted by atomic mass is 9.95. The van der Waals surface area contributed by atoms with Gasteiger partial charge in [-0.15, -0.1) is 0 Å². The van der Waals surface area contributed by atoms with E-state index in [2.05, 4.69) is 5.32 Å². The van der Waals surface area contributed by atoms with Gasteiger partial charge in [-0.05, 0) is 54.8 Å². The van der Waals surface area contributed by atoms with Crippen molar-refractivity contribution in [2.75, 3.05) is 19.4 Å². The summed E-state index contributed by atoms with van der Waals surface area (Å²) in [5.74, 6) is -0.0991. The zero-order chi connectivity index (χ0) is 18.2. The largest absolute Gasteiger partial charge is 0.325 e. The van der Waals surface area contributed by atoms with E-state index in [9.17, 15) is 13.2 Å². The maximum absolute atomic E-state index is 12.7. The smallest absolute Gasteiger partial charge is 0.242 e. The zero-order valence-electron chi connectivity index (χ0n) is 14.0. The quantitative estimate of drug-likeness (QED) is 0.868. The summed E-state index contributed by atoms with van der Waals surface area (Å²) in [6, 6.07) is 13.5. The summed E-state index contributed by atoms with van der Waals surface area (Å²) in [5, 5.41) is 3.49. The third-order valence-electron chi connectivity index (χ3n) is 4.45. The van der Waals surface area contributed by atoms with Crippen molar-refractivity contribution in [2.24, 2.45) is 0 Å². The molecule has 0 radical (unpaired) electrons. The second-order valence-electron chi connectivity index (χ2n) is 6.36. The maximum Gasteiger partial charge on any atom is 0.242 e. The van der Waals surface area contributed by atoms with Crippen LogP contribution in [-0.4, -0.2) is 32.7 Å². The summed E-state index contributed by atoms with van der Waals surface area (Å²) in [6.07, 6.45) is 1.54. The molecule has 5 nitrogen and oxygen atoms in total. The minimum Gasteiger partial charge on any atom is -0.325 e. The van der Waals surface area contributed by atoms with Gasteiger partial charge >= 0.3 is 0 Å². The lowest BCUT2D eigenvalue weighted by Crippen LogP contribution is -2.27. The van der Waals surface area contributed by atoms with Crippen molar-refractivity contribution in [3.63, 3.8) is 0 Å². The van der Waals surface area contributed by atoms with Crippen molar-refractivity contribution < 1.29 is 13.2 Å². The number of nitrogens with one attached hydrogen (secondary N) is 1. The molecular formula is C18H19ClN2O3S. The molecule has 0 saturated heterocycles. The van der Waals surface area contributed by atoms with Gasteiger partial charge < -0.3 is 5.32 Å². The molecule has 0 unspecified atom stereocenters. The third kappa shape index (κ3) is 3.42. The van der Waals surface area contributed by atoms with E-state index in [0.717, 1.165) is 22.7 Å². The van der Waals surface area contributed by atoms with Crippen molar-refractivity contribution >= 4 is 33.2 Å². The molecule has 2 aromatic rings. The number of nitrogens with zero attached hydrogens (tertiary/aromatic N) is 1. The highest BCUT2D eigenvalue weighted by Gasteiger charge is 2.51. The van der Waals surface area contributed by atoms with E-state index in [4.69, 9.17) is 11.6 Å². The van der Waals surface area contributed by atoms with Gasteiger partial charge in [0.2, 0.25) is 15.9 Å². The van der Waals surface area contributed by atoms with Crippen molar-refractivity contribution in [2.45, 2.75) is 23.2 Å². The van der Waals surface area contributed by atoms with Crippen LogP contribution in [0.5, 0.6) is 0 Å². The van der Waals surface area contributed by atoms with E-state index in [1.165, 1.54) is 26.2 Å². The van der Waals surface area contributed by atoms with E-state index in [1.54, 1.807) is 18.2 Å². The summed E-state index contributed by atoms with van der Waals surface area (Å²) in [7, 11) is -0.522. The van der Waals surface area contributed by atoms with Gasteiger partial charge in [0, 0.05) is 24.8 Å². The van der Waals surface area contributed by atoms with Gasteiger partial charge in [-0.2, -0.15) is 0 Å². The fourth-order valence-corrected chi connectivity index (χ4v) is 3.82. The SMILES string of the molecule is CN(C)S(=O)(=O)c1ccc(NC(=O)C2(c3cccc(Cl)c3)CC2)cc1. The summed E-state index contributed by atoms with van der Waals surface area (Å²) in [5.41, 5.74) is 0.930. The number of halogens is 1. The van der Waals surface area contributed by atoms with Crippen LogP contribution in [0.15, 0.2) is 53.4 Å². The van der Waals surface area contributed by atoms with Crippen LogP contribution in [0.25, 0.3) is 0 Å². The number of carbonyl (C=O) groups excluding carboxylic acids is 1. The second-order valence-corrected chi connectivity index (χ2v) is 8.95. The molecule has 1 saturated carbocycles. The Labute approximate surface area is 152 Å². The van der Waals surface area contributed by atoms with Crippen molar-refractivity contribution in [3.05, 3.63) is 59.1 Å². The van der Waals surface area contributed by atoms with Crippen LogP contribution in [0.4, 0.5) is 5.69 Å². The Hall–Kier alpha value is -1.89. The van der Waals surface area contributed by atoms with Crippen LogP contribution in [-0.2, 0) is 20.2 Å². The molecular weight excluding hydrogens is 360 g/mol. The number of amides is 1. The lowest BCUT2D eigenvalue weighted by molar-refractivity contribution is -0.118. The molecule has 1 fully saturated rings. The molecule has 132 valence electrons. The standard InChI is InChI=1S/C18H19ClN2O3S/c1-21(2)25(23,24)16-8-6-15(7-9-16)20-17(22)18(10-11-18)13-4-3-5-14(19)12-13/h3-9,12H,10-11H2,1-2H3,(H,20,22). The zero-order valence-corrected chi connectivity index (χ0v) is 15.6. The van der Waals surface area contributed by atoms with Gasteiger partial charge in [0.1, 0.15) is 0 Å². The molecule has 0 bridgehead atoms. The van der Waals surface area contributed by atoms with Gasteiger partial charge in [-0.3, -0.25) is 4.79 Å². The first-order chi connectivity index (χ1) is 11.8. The average molecular weight is 379 g/mol. The normalized spacial score (nSPS) is 15.8. The summed E-state index contributed by atoms with van der Waals surface area (Å²) in [6.45, 7) is 0. The van der Waals surface area contributed by atoms with Crippen LogP contribution < -0.4 is 5.32 Å². The summed E-state index contributed by atoms with van der Waals surface area (Å²) < 4.78 is 25.3. The minimum absolute atomic E-state index is 0.0991. The third-order valence-corrected chi connectivity index (χ3v) is 6.52. The number of benzene rings is 2. The van der Waals surface area contributed by atoms with Crippen LogP contribution in [0, 0.1) is 0 Å². The molecule has 7 heteroatoms. The first-order valence-corrected chi connectivity index (χ1v) is 9.68. The number of hydrogen-bond donors (Lipinski definition) is 1.